The van der Waals surface area contributed by atoms with Crippen molar-refractivity contribution in [1.82, 2.24) is 4.72 Å². The number of halogens is 3. The van der Waals surface area contributed by atoms with E-state index in [1.54, 1.807) is 6.92 Å². The standard InChI is InChI=1S/C24H24F3NO3S/c1-3-16(2)23(28-32(30,31)22-7-5-4-6-21(22)27)24(29,17-8-12-19(25)13-9-17)18-10-14-20(26)15-11-18/h4-16,23,28-29H,3H2,1-2H3/t16-,23-/m0/s1. The first-order valence-electron chi connectivity index (χ1n) is 10.1. The zero-order chi connectivity index (χ0) is 23.5. The number of rotatable bonds is 8. The molecule has 2 atom stereocenters. The molecule has 0 aliphatic carbocycles. The van der Waals surface area contributed by atoms with Crippen molar-refractivity contribution in [2.45, 2.75) is 36.8 Å². The molecule has 0 unspecified atom stereocenters. The van der Waals surface area contributed by atoms with Gasteiger partial charge in [-0.2, -0.15) is 0 Å². The molecule has 3 aromatic rings. The second kappa shape index (κ2) is 9.44. The Kier molecular flexibility index (Phi) is 7.07. The maximum Gasteiger partial charge on any atom is 0.243 e. The minimum absolute atomic E-state index is 0.201. The second-order valence-electron chi connectivity index (χ2n) is 7.70. The van der Waals surface area contributed by atoms with Crippen molar-refractivity contribution >= 4 is 10.0 Å². The summed E-state index contributed by atoms with van der Waals surface area (Å²) in [5.74, 6) is -2.46. The van der Waals surface area contributed by atoms with Crippen LogP contribution in [-0.2, 0) is 15.6 Å². The lowest BCUT2D eigenvalue weighted by Gasteiger charge is -2.40. The van der Waals surface area contributed by atoms with Crippen LogP contribution in [0.15, 0.2) is 77.7 Å². The third kappa shape index (κ3) is 4.72. The van der Waals surface area contributed by atoms with Crippen LogP contribution in [0.5, 0.6) is 0 Å². The molecule has 3 rings (SSSR count). The molecule has 0 fully saturated rings. The summed E-state index contributed by atoms with van der Waals surface area (Å²) in [4.78, 5) is -0.561. The van der Waals surface area contributed by atoms with Gasteiger partial charge in [0.2, 0.25) is 10.0 Å². The molecular formula is C24H24F3NO3S. The molecule has 0 heterocycles. The van der Waals surface area contributed by atoms with Crippen molar-refractivity contribution < 1.29 is 26.7 Å². The molecule has 32 heavy (non-hydrogen) atoms. The van der Waals surface area contributed by atoms with Crippen LogP contribution < -0.4 is 4.72 Å². The highest BCUT2D eigenvalue weighted by atomic mass is 32.2. The summed E-state index contributed by atoms with van der Waals surface area (Å²) in [6, 6.07) is 13.6. The molecule has 0 radical (unpaired) electrons. The van der Waals surface area contributed by atoms with Crippen LogP contribution in [0.2, 0.25) is 0 Å². The van der Waals surface area contributed by atoms with Crippen LogP contribution in [0.1, 0.15) is 31.4 Å². The van der Waals surface area contributed by atoms with Crippen molar-refractivity contribution in [2.75, 3.05) is 0 Å². The highest BCUT2D eigenvalue weighted by Gasteiger charge is 2.45. The van der Waals surface area contributed by atoms with Gasteiger partial charge in [0, 0.05) is 0 Å². The number of benzene rings is 3. The highest BCUT2D eigenvalue weighted by Crippen LogP contribution is 2.38. The van der Waals surface area contributed by atoms with E-state index in [0.717, 1.165) is 36.4 Å². The first-order chi connectivity index (χ1) is 15.1. The average Bonchev–Trinajstić information content (AvgIpc) is 2.77. The Morgan fingerprint density at radius 1 is 0.875 bits per heavy atom. The predicted octanol–water partition coefficient (Wildman–Crippen LogP) is 4.73. The summed E-state index contributed by atoms with van der Waals surface area (Å²) in [6.45, 7) is 3.54. The Morgan fingerprint density at radius 3 is 1.78 bits per heavy atom. The molecule has 4 nitrogen and oxygen atoms in total. The number of hydrogen-bond donors (Lipinski definition) is 2. The maximum atomic E-state index is 14.3. The number of aliphatic hydroxyl groups is 1. The SMILES string of the molecule is CC[C@H](C)[C@H](NS(=O)(=O)c1ccccc1F)C(O)(c1ccc(F)cc1)c1ccc(F)cc1. The fourth-order valence-electron chi connectivity index (χ4n) is 3.68. The average molecular weight is 464 g/mol. The first-order valence-corrected chi connectivity index (χ1v) is 11.6. The zero-order valence-electron chi connectivity index (χ0n) is 17.6. The number of nitrogens with one attached hydrogen (secondary N) is 1. The summed E-state index contributed by atoms with van der Waals surface area (Å²) in [6.07, 6.45) is 0.454. The van der Waals surface area contributed by atoms with E-state index in [-0.39, 0.29) is 11.1 Å². The van der Waals surface area contributed by atoms with E-state index in [1.807, 2.05) is 6.92 Å². The quantitative estimate of drug-likeness (QED) is 0.508. The van der Waals surface area contributed by atoms with Gasteiger partial charge < -0.3 is 5.11 Å². The molecule has 0 saturated carbocycles. The topological polar surface area (TPSA) is 66.4 Å². The Hall–Kier alpha value is -2.68. The van der Waals surface area contributed by atoms with Gasteiger partial charge in [-0.1, -0.05) is 56.7 Å². The number of hydrogen-bond acceptors (Lipinski definition) is 3. The molecule has 8 heteroatoms. The van der Waals surface area contributed by atoms with E-state index < -0.39 is 49.9 Å². The molecule has 170 valence electrons. The van der Waals surface area contributed by atoms with Crippen LogP contribution in [0, 0.1) is 23.4 Å². The zero-order valence-corrected chi connectivity index (χ0v) is 18.4. The molecule has 0 aromatic heterocycles. The monoisotopic (exact) mass is 463 g/mol. The Bertz CT molecular complexity index is 1120. The maximum absolute atomic E-state index is 14.3. The normalized spacial score (nSPS) is 14.2. The second-order valence-corrected chi connectivity index (χ2v) is 9.38. The van der Waals surface area contributed by atoms with E-state index in [4.69, 9.17) is 0 Å². The van der Waals surface area contributed by atoms with Gasteiger partial charge >= 0.3 is 0 Å². The first kappa shape index (κ1) is 24.0. The van der Waals surface area contributed by atoms with Gasteiger partial charge in [-0.3, -0.25) is 0 Å². The third-order valence-electron chi connectivity index (χ3n) is 5.64. The van der Waals surface area contributed by atoms with E-state index in [2.05, 4.69) is 4.72 Å². The lowest BCUT2D eigenvalue weighted by molar-refractivity contribution is 0.0246. The smallest absolute Gasteiger partial charge is 0.243 e. The molecule has 3 aromatic carbocycles. The van der Waals surface area contributed by atoms with Gasteiger partial charge in [-0.05, 0) is 53.4 Å². The predicted molar refractivity (Wildman–Crippen MR) is 116 cm³/mol. The summed E-state index contributed by atoms with van der Waals surface area (Å²) in [5, 5.41) is 12.0. The van der Waals surface area contributed by atoms with Crippen molar-refractivity contribution in [1.29, 1.82) is 0 Å². The fraction of sp³-hybridized carbons (Fsp3) is 0.250. The van der Waals surface area contributed by atoms with Crippen molar-refractivity contribution in [3.8, 4) is 0 Å². The van der Waals surface area contributed by atoms with E-state index in [1.165, 1.54) is 36.4 Å². The van der Waals surface area contributed by atoms with Crippen LogP contribution in [0.3, 0.4) is 0 Å². The molecule has 0 spiro atoms. The fourth-order valence-corrected chi connectivity index (χ4v) is 5.12. The molecule has 2 N–H and O–H groups in total. The van der Waals surface area contributed by atoms with Gasteiger partial charge in [0.15, 0.2) is 0 Å². The summed E-state index contributed by atoms with van der Waals surface area (Å²) < 4.78 is 70.2. The number of sulfonamides is 1. The molecule has 0 saturated heterocycles. The molecular weight excluding hydrogens is 439 g/mol. The highest BCUT2D eigenvalue weighted by molar-refractivity contribution is 7.89. The Morgan fingerprint density at radius 2 is 1.34 bits per heavy atom. The van der Waals surface area contributed by atoms with Gasteiger partial charge in [-0.25, -0.2) is 26.3 Å². The van der Waals surface area contributed by atoms with Gasteiger partial charge in [-0.15, -0.1) is 0 Å². The van der Waals surface area contributed by atoms with Crippen molar-refractivity contribution in [2.24, 2.45) is 5.92 Å². The summed E-state index contributed by atoms with van der Waals surface area (Å²) >= 11 is 0. The van der Waals surface area contributed by atoms with E-state index >= 15 is 0 Å². The third-order valence-corrected chi connectivity index (χ3v) is 7.11. The molecule has 0 aliphatic heterocycles. The van der Waals surface area contributed by atoms with Gasteiger partial charge in [0.1, 0.15) is 27.9 Å². The van der Waals surface area contributed by atoms with E-state index in [0.29, 0.717) is 6.42 Å². The molecule has 0 bridgehead atoms. The van der Waals surface area contributed by atoms with Crippen molar-refractivity contribution in [3.63, 3.8) is 0 Å². The van der Waals surface area contributed by atoms with Crippen LogP contribution in [-0.4, -0.2) is 19.6 Å². The van der Waals surface area contributed by atoms with Crippen molar-refractivity contribution in [3.05, 3.63) is 101 Å². The molecule has 0 amide bonds. The summed E-state index contributed by atoms with van der Waals surface area (Å²) in [5.41, 5.74) is -1.60. The Labute approximate surface area is 185 Å². The van der Waals surface area contributed by atoms with E-state index in [9.17, 15) is 26.7 Å². The summed E-state index contributed by atoms with van der Waals surface area (Å²) in [7, 11) is -4.39. The minimum atomic E-state index is -4.39. The van der Waals surface area contributed by atoms with Crippen LogP contribution in [0.4, 0.5) is 13.2 Å². The Balaban J connectivity index is 2.20. The largest absolute Gasteiger partial charge is 0.379 e. The minimum Gasteiger partial charge on any atom is -0.379 e. The van der Waals surface area contributed by atoms with Crippen LogP contribution in [0.25, 0.3) is 0 Å². The van der Waals surface area contributed by atoms with Gasteiger partial charge in [0.25, 0.3) is 0 Å². The van der Waals surface area contributed by atoms with Gasteiger partial charge in [0.05, 0.1) is 6.04 Å². The lowest BCUT2D eigenvalue weighted by atomic mass is 9.75. The molecule has 0 aliphatic rings. The lowest BCUT2D eigenvalue weighted by Crippen LogP contribution is -2.54. The van der Waals surface area contributed by atoms with Crippen LogP contribution >= 0.6 is 0 Å².